The van der Waals surface area contributed by atoms with Crippen molar-refractivity contribution in [1.29, 1.82) is 0 Å². The maximum Gasteiger partial charge on any atom is 0.407 e. The minimum Gasteiger partial charge on any atom is -0.465 e. The highest BCUT2D eigenvalue weighted by molar-refractivity contribution is 6.16. The van der Waals surface area contributed by atoms with Crippen molar-refractivity contribution < 1.29 is 9.90 Å². The van der Waals surface area contributed by atoms with Gasteiger partial charge in [-0.3, -0.25) is 9.88 Å². The van der Waals surface area contributed by atoms with Crippen LogP contribution in [0.5, 0.6) is 0 Å². The Hall–Kier alpha value is -2.07. The molecule has 1 N–H and O–H groups in total. The van der Waals surface area contributed by atoms with Crippen molar-refractivity contribution in [1.82, 2.24) is 9.88 Å². The van der Waals surface area contributed by atoms with Crippen LogP contribution in [-0.4, -0.2) is 21.1 Å². The second-order valence-corrected chi connectivity index (χ2v) is 5.06. The monoisotopic (exact) mass is 288 g/mol. The fourth-order valence-corrected chi connectivity index (χ4v) is 2.54. The first-order valence-electron chi connectivity index (χ1n) is 6.28. The molecule has 0 atom stereocenters. The molecular weight excluding hydrogens is 276 g/mol. The normalized spacial score (nSPS) is 13.3. The van der Waals surface area contributed by atoms with Crippen LogP contribution >= 0.6 is 11.6 Å². The molecule has 3 rings (SSSR count). The average molecular weight is 289 g/mol. The van der Waals surface area contributed by atoms with E-state index in [1.165, 1.54) is 4.90 Å². The number of carboxylic acid groups (broad SMARTS) is 1. The van der Waals surface area contributed by atoms with Crippen LogP contribution in [0.25, 0.3) is 11.1 Å². The number of nitrogens with zero attached hydrogens (tertiary/aromatic N) is 2. The van der Waals surface area contributed by atoms with Crippen LogP contribution in [0, 0.1) is 0 Å². The molecule has 20 heavy (non-hydrogen) atoms. The highest BCUT2D eigenvalue weighted by Crippen LogP contribution is 2.28. The first kappa shape index (κ1) is 12.9. The summed E-state index contributed by atoms with van der Waals surface area (Å²) in [7, 11) is 0. The summed E-state index contributed by atoms with van der Waals surface area (Å²) in [6, 6.07) is 9.91. The molecule has 4 nitrogen and oxygen atoms in total. The molecule has 0 fully saturated rings. The van der Waals surface area contributed by atoms with Crippen LogP contribution in [0.3, 0.4) is 0 Å². The molecule has 2 aromatic rings. The van der Waals surface area contributed by atoms with Gasteiger partial charge in [0.05, 0.1) is 11.6 Å². The molecule has 0 unspecified atom stereocenters. The van der Waals surface area contributed by atoms with Gasteiger partial charge in [0.1, 0.15) is 0 Å². The van der Waals surface area contributed by atoms with E-state index in [4.69, 9.17) is 16.7 Å². The molecule has 5 heteroatoms. The van der Waals surface area contributed by atoms with E-state index in [1.807, 2.05) is 30.3 Å². The molecule has 1 aromatic carbocycles. The predicted octanol–water partition coefficient (Wildman–Crippen LogP) is 3.48. The zero-order valence-corrected chi connectivity index (χ0v) is 11.5. The SMILES string of the molecule is O=C(O)N1Cc2ccc(-c3ccc(CCl)nc3)cc2C1. The Morgan fingerprint density at radius 2 is 1.95 bits per heavy atom. The van der Waals surface area contributed by atoms with Gasteiger partial charge >= 0.3 is 6.09 Å². The Kier molecular flexibility index (Phi) is 3.32. The molecule has 1 aliphatic rings. The molecule has 1 amide bonds. The van der Waals surface area contributed by atoms with Gasteiger partial charge in [-0.05, 0) is 28.8 Å². The molecule has 0 saturated heterocycles. The van der Waals surface area contributed by atoms with Crippen molar-refractivity contribution >= 4 is 17.7 Å². The lowest BCUT2D eigenvalue weighted by Gasteiger charge is -2.08. The molecule has 0 bridgehead atoms. The number of benzene rings is 1. The zero-order valence-electron chi connectivity index (χ0n) is 10.7. The van der Waals surface area contributed by atoms with Crippen molar-refractivity contribution in [2.75, 3.05) is 0 Å². The number of halogens is 1. The van der Waals surface area contributed by atoms with Gasteiger partial charge in [-0.2, -0.15) is 0 Å². The van der Waals surface area contributed by atoms with Crippen LogP contribution in [0.4, 0.5) is 4.79 Å². The van der Waals surface area contributed by atoms with Crippen LogP contribution in [0.1, 0.15) is 16.8 Å². The van der Waals surface area contributed by atoms with E-state index >= 15 is 0 Å². The van der Waals surface area contributed by atoms with Gasteiger partial charge in [0, 0.05) is 24.8 Å². The molecule has 0 aliphatic carbocycles. The zero-order chi connectivity index (χ0) is 14.1. The third-order valence-corrected chi connectivity index (χ3v) is 3.77. The molecule has 0 saturated carbocycles. The average Bonchev–Trinajstić information content (AvgIpc) is 2.90. The summed E-state index contributed by atoms with van der Waals surface area (Å²) in [5.41, 5.74) is 5.03. The fourth-order valence-electron chi connectivity index (χ4n) is 2.38. The van der Waals surface area contributed by atoms with Crippen LogP contribution in [0.2, 0.25) is 0 Å². The van der Waals surface area contributed by atoms with Gasteiger partial charge in [-0.15, -0.1) is 11.6 Å². The van der Waals surface area contributed by atoms with Crippen molar-refractivity contribution in [3.8, 4) is 11.1 Å². The summed E-state index contributed by atoms with van der Waals surface area (Å²) in [6.07, 6.45) is 0.916. The molecule has 2 heterocycles. The number of carbonyl (C=O) groups is 1. The largest absolute Gasteiger partial charge is 0.465 e. The number of alkyl halides is 1. The lowest BCUT2D eigenvalue weighted by atomic mass is 10.0. The van der Waals surface area contributed by atoms with E-state index in [2.05, 4.69) is 4.98 Å². The van der Waals surface area contributed by atoms with Crippen molar-refractivity contribution in [3.05, 3.63) is 53.3 Å². The first-order valence-corrected chi connectivity index (χ1v) is 6.82. The third kappa shape index (κ3) is 2.34. The second-order valence-electron chi connectivity index (χ2n) is 4.79. The topological polar surface area (TPSA) is 53.4 Å². The van der Waals surface area contributed by atoms with E-state index < -0.39 is 6.09 Å². The summed E-state index contributed by atoms with van der Waals surface area (Å²) in [6.45, 7) is 0.917. The van der Waals surface area contributed by atoms with Gasteiger partial charge in [0.15, 0.2) is 0 Å². The second kappa shape index (κ2) is 5.13. The number of hydrogen-bond acceptors (Lipinski definition) is 2. The van der Waals surface area contributed by atoms with Gasteiger partial charge < -0.3 is 5.11 Å². The van der Waals surface area contributed by atoms with Gasteiger partial charge in [-0.1, -0.05) is 18.2 Å². The minimum absolute atomic E-state index is 0.401. The van der Waals surface area contributed by atoms with Gasteiger partial charge in [0.25, 0.3) is 0 Å². The van der Waals surface area contributed by atoms with Crippen molar-refractivity contribution in [3.63, 3.8) is 0 Å². The number of fused-ring (bicyclic) bond motifs is 1. The molecule has 1 aromatic heterocycles. The molecule has 0 spiro atoms. The van der Waals surface area contributed by atoms with E-state index in [0.29, 0.717) is 19.0 Å². The third-order valence-electron chi connectivity index (χ3n) is 3.49. The Balaban J connectivity index is 1.90. The lowest BCUT2D eigenvalue weighted by Crippen LogP contribution is -2.22. The standard InChI is InChI=1S/C15H13ClN2O2/c16-6-14-4-3-11(7-17-14)10-1-2-12-8-18(15(19)20)9-13(12)5-10/h1-5,7H,6,8-9H2,(H,19,20). The Bertz CT molecular complexity index is 655. The van der Waals surface area contributed by atoms with Crippen LogP contribution < -0.4 is 0 Å². The summed E-state index contributed by atoms with van der Waals surface area (Å²) in [4.78, 5) is 16.7. The Labute approximate surface area is 121 Å². The van der Waals surface area contributed by atoms with Crippen LogP contribution in [-0.2, 0) is 19.0 Å². The predicted molar refractivity (Wildman–Crippen MR) is 76.5 cm³/mol. The lowest BCUT2D eigenvalue weighted by molar-refractivity contribution is 0.145. The molecular formula is C15H13ClN2O2. The molecule has 0 radical (unpaired) electrons. The number of rotatable bonds is 2. The van der Waals surface area contributed by atoms with Crippen molar-refractivity contribution in [2.24, 2.45) is 0 Å². The quantitative estimate of drug-likeness (QED) is 0.861. The van der Waals surface area contributed by atoms with Gasteiger partial charge in [-0.25, -0.2) is 4.79 Å². The summed E-state index contributed by atoms with van der Waals surface area (Å²) in [5.74, 6) is 0.401. The summed E-state index contributed by atoms with van der Waals surface area (Å²) < 4.78 is 0. The highest BCUT2D eigenvalue weighted by atomic mass is 35.5. The Morgan fingerprint density at radius 3 is 2.60 bits per heavy atom. The maximum atomic E-state index is 11.0. The van der Waals surface area contributed by atoms with E-state index in [-0.39, 0.29) is 0 Å². The van der Waals surface area contributed by atoms with Crippen molar-refractivity contribution in [2.45, 2.75) is 19.0 Å². The van der Waals surface area contributed by atoms with E-state index in [1.54, 1.807) is 6.20 Å². The number of pyridine rings is 1. The van der Waals surface area contributed by atoms with Gasteiger partial charge in [0.2, 0.25) is 0 Å². The maximum absolute atomic E-state index is 11.0. The summed E-state index contributed by atoms with van der Waals surface area (Å²) >= 11 is 5.72. The number of amides is 1. The number of aromatic nitrogens is 1. The minimum atomic E-state index is -0.879. The summed E-state index contributed by atoms with van der Waals surface area (Å²) in [5, 5.41) is 9.03. The van der Waals surface area contributed by atoms with Crippen LogP contribution in [0.15, 0.2) is 36.5 Å². The fraction of sp³-hybridized carbons (Fsp3) is 0.200. The molecule has 1 aliphatic heterocycles. The smallest absolute Gasteiger partial charge is 0.407 e. The Morgan fingerprint density at radius 1 is 1.20 bits per heavy atom. The number of hydrogen-bond donors (Lipinski definition) is 1. The molecule has 102 valence electrons. The van der Waals surface area contributed by atoms with E-state index in [0.717, 1.165) is 27.9 Å². The highest BCUT2D eigenvalue weighted by Gasteiger charge is 2.22. The van der Waals surface area contributed by atoms with E-state index in [9.17, 15) is 4.79 Å². The first-order chi connectivity index (χ1) is 9.67.